The van der Waals surface area contributed by atoms with E-state index in [0.717, 1.165) is 6.29 Å². The number of nitrogens with zero attached hydrogens (tertiary/aromatic N) is 2. The maximum atomic E-state index is 12.5. The van der Waals surface area contributed by atoms with E-state index in [2.05, 4.69) is 0 Å². The van der Waals surface area contributed by atoms with Crippen LogP contribution in [-0.2, 0) is 9.53 Å². The van der Waals surface area contributed by atoms with E-state index in [1.165, 1.54) is 23.0 Å². The SMILES string of the molecule is O=CC1CCN(C(=O)n2ccc(O[C@@H]3[C@@H](O)[C@H](O)O[C@@H](CO)[C@H]3O)c2)CC1. The zero-order valence-electron chi connectivity index (χ0n) is 14.6. The van der Waals surface area contributed by atoms with Gasteiger partial charge in [-0.25, -0.2) is 4.79 Å². The third-order valence-corrected chi connectivity index (χ3v) is 5.00. The normalized spacial score (nSPS) is 32.3. The third-order valence-electron chi connectivity index (χ3n) is 5.00. The minimum absolute atomic E-state index is 0.0139. The first-order valence-corrected chi connectivity index (χ1v) is 8.84. The molecule has 27 heavy (non-hydrogen) atoms. The van der Waals surface area contributed by atoms with Gasteiger partial charge in [0.1, 0.15) is 30.3 Å². The van der Waals surface area contributed by atoms with Crippen LogP contribution in [0.3, 0.4) is 0 Å². The molecule has 0 bridgehead atoms. The maximum absolute atomic E-state index is 12.5. The summed E-state index contributed by atoms with van der Waals surface area (Å²) >= 11 is 0. The zero-order valence-corrected chi connectivity index (χ0v) is 14.6. The van der Waals surface area contributed by atoms with Gasteiger partial charge in [-0.2, -0.15) is 0 Å². The van der Waals surface area contributed by atoms with Crippen molar-refractivity contribution in [1.29, 1.82) is 0 Å². The van der Waals surface area contributed by atoms with Gasteiger partial charge in [0.05, 0.1) is 12.8 Å². The van der Waals surface area contributed by atoms with Crippen LogP contribution in [0.5, 0.6) is 5.75 Å². The summed E-state index contributed by atoms with van der Waals surface area (Å²) in [5.74, 6) is 0.194. The van der Waals surface area contributed by atoms with Crippen LogP contribution in [0, 0.1) is 5.92 Å². The molecule has 3 heterocycles. The molecule has 3 rings (SSSR count). The fourth-order valence-electron chi connectivity index (χ4n) is 3.32. The second-order valence-electron chi connectivity index (χ2n) is 6.81. The fraction of sp³-hybridized carbons (Fsp3) is 0.647. The molecule has 2 saturated heterocycles. The lowest BCUT2D eigenvalue weighted by atomic mass is 9.99. The highest BCUT2D eigenvalue weighted by atomic mass is 16.6. The number of carbonyl (C=O) groups excluding carboxylic acids is 2. The van der Waals surface area contributed by atoms with Gasteiger partial charge in [0, 0.05) is 25.2 Å². The Morgan fingerprint density at radius 1 is 1.26 bits per heavy atom. The van der Waals surface area contributed by atoms with Crippen LogP contribution in [-0.4, -0.2) is 92.6 Å². The van der Waals surface area contributed by atoms with Gasteiger partial charge in [-0.3, -0.25) is 4.57 Å². The zero-order chi connectivity index (χ0) is 19.6. The third kappa shape index (κ3) is 4.14. The number of amides is 1. The summed E-state index contributed by atoms with van der Waals surface area (Å²) in [7, 11) is 0. The van der Waals surface area contributed by atoms with Gasteiger partial charge in [-0.15, -0.1) is 0 Å². The first kappa shape index (κ1) is 19.8. The van der Waals surface area contributed by atoms with E-state index in [1.54, 1.807) is 4.90 Å². The van der Waals surface area contributed by atoms with Crippen molar-refractivity contribution in [3.8, 4) is 5.75 Å². The molecule has 150 valence electrons. The standard InChI is InChI=1S/C17H24N2O8/c20-8-10-1-4-18(5-2-10)17(25)19-6-3-11(7-19)26-15-13(22)12(9-21)27-16(24)14(15)23/h3,6-8,10,12-16,21-24H,1-2,4-5,9H2/t12-,13+,14+,15-,16+/m0/s1. The van der Waals surface area contributed by atoms with Crippen molar-refractivity contribution in [2.45, 2.75) is 43.5 Å². The molecule has 10 heteroatoms. The number of carbonyl (C=O) groups is 2. The largest absolute Gasteiger partial charge is 0.483 e. The van der Waals surface area contributed by atoms with E-state index in [0.29, 0.717) is 25.9 Å². The molecule has 0 spiro atoms. The number of hydrogen-bond acceptors (Lipinski definition) is 8. The molecule has 0 aromatic carbocycles. The molecule has 1 aromatic heterocycles. The number of piperidine rings is 1. The Morgan fingerprint density at radius 3 is 2.59 bits per heavy atom. The van der Waals surface area contributed by atoms with E-state index >= 15 is 0 Å². The Balaban J connectivity index is 1.65. The van der Waals surface area contributed by atoms with Gasteiger partial charge in [0.15, 0.2) is 12.4 Å². The van der Waals surface area contributed by atoms with Crippen molar-refractivity contribution in [1.82, 2.24) is 9.47 Å². The average molecular weight is 384 g/mol. The summed E-state index contributed by atoms with van der Waals surface area (Å²) in [5.41, 5.74) is 0. The molecular formula is C17H24N2O8. The van der Waals surface area contributed by atoms with Crippen LogP contribution in [0.1, 0.15) is 12.8 Å². The van der Waals surface area contributed by atoms with Crippen LogP contribution < -0.4 is 4.74 Å². The van der Waals surface area contributed by atoms with Crippen molar-refractivity contribution >= 4 is 12.3 Å². The highest BCUT2D eigenvalue weighted by Gasteiger charge is 2.45. The molecule has 0 aliphatic carbocycles. The van der Waals surface area contributed by atoms with Gasteiger partial charge >= 0.3 is 6.03 Å². The highest BCUT2D eigenvalue weighted by molar-refractivity contribution is 5.77. The lowest BCUT2D eigenvalue weighted by molar-refractivity contribution is -0.281. The molecule has 10 nitrogen and oxygen atoms in total. The first-order chi connectivity index (χ1) is 12.9. The van der Waals surface area contributed by atoms with Crippen LogP contribution in [0.25, 0.3) is 0 Å². The van der Waals surface area contributed by atoms with Crippen molar-refractivity contribution in [2.75, 3.05) is 19.7 Å². The second-order valence-corrected chi connectivity index (χ2v) is 6.81. The number of ether oxygens (including phenoxy) is 2. The lowest BCUT2D eigenvalue weighted by Gasteiger charge is -2.39. The molecular weight excluding hydrogens is 360 g/mol. The molecule has 2 aliphatic rings. The predicted molar refractivity (Wildman–Crippen MR) is 90.0 cm³/mol. The lowest BCUT2D eigenvalue weighted by Crippen LogP contribution is -2.60. The number of aliphatic hydroxyl groups is 4. The molecule has 0 saturated carbocycles. The van der Waals surface area contributed by atoms with E-state index in [4.69, 9.17) is 9.47 Å². The van der Waals surface area contributed by atoms with Gasteiger partial charge < -0.3 is 39.6 Å². The summed E-state index contributed by atoms with van der Waals surface area (Å²) in [6, 6.07) is 1.22. The van der Waals surface area contributed by atoms with Crippen molar-refractivity contribution in [3.63, 3.8) is 0 Å². The van der Waals surface area contributed by atoms with Crippen LogP contribution in [0.4, 0.5) is 4.79 Å². The van der Waals surface area contributed by atoms with Gasteiger partial charge in [-0.05, 0) is 18.9 Å². The van der Waals surface area contributed by atoms with Crippen LogP contribution >= 0.6 is 0 Å². The smallest absolute Gasteiger partial charge is 0.328 e. The Labute approximate surface area is 155 Å². The highest BCUT2D eigenvalue weighted by Crippen LogP contribution is 2.25. The fourth-order valence-corrected chi connectivity index (χ4v) is 3.32. The minimum atomic E-state index is -1.61. The minimum Gasteiger partial charge on any atom is -0.483 e. The number of aromatic nitrogens is 1. The Hall–Kier alpha value is -1.98. The van der Waals surface area contributed by atoms with E-state index in [9.17, 15) is 30.0 Å². The Bertz CT molecular complexity index is 657. The maximum Gasteiger partial charge on any atom is 0.328 e. The molecule has 1 amide bonds. The van der Waals surface area contributed by atoms with Gasteiger partial charge in [0.2, 0.25) is 0 Å². The van der Waals surface area contributed by atoms with Crippen LogP contribution in [0.2, 0.25) is 0 Å². The van der Waals surface area contributed by atoms with E-state index < -0.39 is 37.3 Å². The molecule has 4 N–H and O–H groups in total. The van der Waals surface area contributed by atoms with Gasteiger partial charge in [-0.1, -0.05) is 0 Å². The Morgan fingerprint density at radius 2 is 1.96 bits per heavy atom. The molecule has 0 radical (unpaired) electrons. The molecule has 2 fully saturated rings. The summed E-state index contributed by atoms with van der Waals surface area (Å²) in [4.78, 5) is 25.0. The molecule has 5 atom stereocenters. The molecule has 0 unspecified atom stereocenters. The van der Waals surface area contributed by atoms with Crippen molar-refractivity contribution in [2.24, 2.45) is 5.92 Å². The first-order valence-electron chi connectivity index (χ1n) is 8.84. The van der Waals surface area contributed by atoms with Crippen molar-refractivity contribution in [3.05, 3.63) is 18.5 Å². The topological polar surface area (TPSA) is 142 Å². The monoisotopic (exact) mass is 384 g/mol. The number of aldehydes is 1. The van der Waals surface area contributed by atoms with Crippen molar-refractivity contribution < 1.29 is 39.5 Å². The number of likely N-dealkylation sites (tertiary alicyclic amines) is 1. The number of rotatable bonds is 4. The van der Waals surface area contributed by atoms with Crippen LogP contribution in [0.15, 0.2) is 18.5 Å². The summed E-state index contributed by atoms with van der Waals surface area (Å²) in [6.07, 6.45) is -1.78. The quantitative estimate of drug-likeness (QED) is 0.462. The predicted octanol–water partition coefficient (Wildman–Crippen LogP) is -1.45. The molecule has 1 aromatic rings. The summed E-state index contributed by atoms with van der Waals surface area (Å²) in [5, 5.41) is 39.0. The second kappa shape index (κ2) is 8.36. The number of hydrogen-bond donors (Lipinski definition) is 4. The Kier molecular flexibility index (Phi) is 6.12. The summed E-state index contributed by atoms with van der Waals surface area (Å²) < 4.78 is 11.8. The van der Waals surface area contributed by atoms with E-state index in [-0.39, 0.29) is 17.7 Å². The van der Waals surface area contributed by atoms with E-state index in [1.807, 2.05) is 0 Å². The number of aliphatic hydroxyl groups excluding tert-OH is 4. The molecule has 2 aliphatic heterocycles. The average Bonchev–Trinajstić information content (AvgIpc) is 3.16. The van der Waals surface area contributed by atoms with Gasteiger partial charge in [0.25, 0.3) is 0 Å². The summed E-state index contributed by atoms with van der Waals surface area (Å²) in [6.45, 7) is 0.414.